The first-order chi connectivity index (χ1) is 7.63. The smallest absolute Gasteiger partial charge is 0.0618 e. The molecule has 0 radical (unpaired) electrons. The van der Waals surface area contributed by atoms with Crippen LogP contribution in [-0.2, 0) is 4.74 Å². The van der Waals surface area contributed by atoms with Gasteiger partial charge in [0.2, 0.25) is 0 Å². The van der Waals surface area contributed by atoms with E-state index in [-0.39, 0.29) is 0 Å². The first-order valence-corrected chi connectivity index (χ1v) is 6.47. The molecule has 0 amide bonds. The van der Waals surface area contributed by atoms with Crippen LogP contribution in [0.5, 0.6) is 0 Å². The van der Waals surface area contributed by atoms with Crippen LogP contribution < -0.4 is 5.32 Å². The van der Waals surface area contributed by atoms with Gasteiger partial charge in [-0.05, 0) is 30.6 Å². The summed E-state index contributed by atoms with van der Waals surface area (Å²) in [5, 5.41) is 12.7. The van der Waals surface area contributed by atoms with Gasteiger partial charge < -0.3 is 15.2 Å². The highest BCUT2D eigenvalue weighted by atomic mass is 16.5. The van der Waals surface area contributed by atoms with Crippen molar-refractivity contribution in [1.82, 2.24) is 5.32 Å². The molecule has 0 heterocycles. The zero-order chi connectivity index (χ0) is 12.0. The van der Waals surface area contributed by atoms with Crippen molar-refractivity contribution in [3.8, 4) is 0 Å². The molecule has 1 saturated carbocycles. The molecule has 0 aromatic carbocycles. The number of rotatable bonds is 8. The van der Waals surface area contributed by atoms with Gasteiger partial charge in [0.25, 0.3) is 0 Å². The summed E-state index contributed by atoms with van der Waals surface area (Å²) < 4.78 is 5.23. The Hall–Kier alpha value is -0.120. The number of hydrogen-bond acceptors (Lipinski definition) is 3. The van der Waals surface area contributed by atoms with Crippen molar-refractivity contribution in [3.05, 3.63) is 0 Å². The summed E-state index contributed by atoms with van der Waals surface area (Å²) in [5.41, 5.74) is 0.371. The maximum Gasteiger partial charge on any atom is 0.0618 e. The van der Waals surface area contributed by atoms with Crippen LogP contribution in [0.25, 0.3) is 0 Å². The van der Waals surface area contributed by atoms with Crippen LogP contribution in [0.3, 0.4) is 0 Å². The monoisotopic (exact) mass is 229 g/mol. The zero-order valence-electron chi connectivity index (χ0n) is 11.0. The average molecular weight is 229 g/mol. The van der Waals surface area contributed by atoms with E-state index in [1.165, 1.54) is 19.3 Å². The van der Waals surface area contributed by atoms with Gasteiger partial charge in [-0.3, -0.25) is 0 Å². The molecule has 1 fully saturated rings. The van der Waals surface area contributed by atoms with E-state index in [0.717, 1.165) is 19.6 Å². The minimum absolute atomic E-state index is 0.318. The molecule has 2 N–H and O–H groups in total. The molecular formula is C13H27NO2. The summed E-state index contributed by atoms with van der Waals surface area (Å²) in [6.45, 7) is 6.55. The Kier molecular flexibility index (Phi) is 5.73. The maximum atomic E-state index is 9.09. The Morgan fingerprint density at radius 3 is 2.44 bits per heavy atom. The molecule has 1 rings (SSSR count). The van der Waals surface area contributed by atoms with E-state index in [2.05, 4.69) is 19.2 Å². The quantitative estimate of drug-likeness (QED) is 0.667. The molecule has 1 aliphatic carbocycles. The lowest BCUT2D eigenvalue weighted by atomic mass is 9.66. The highest BCUT2D eigenvalue weighted by Gasteiger charge is 2.36. The lowest BCUT2D eigenvalue weighted by molar-refractivity contribution is 0.0699. The van der Waals surface area contributed by atoms with Crippen LogP contribution in [0.4, 0.5) is 0 Å². The predicted molar refractivity (Wildman–Crippen MR) is 66.5 cm³/mol. The van der Waals surface area contributed by atoms with E-state index < -0.39 is 0 Å². The van der Waals surface area contributed by atoms with E-state index in [9.17, 15) is 0 Å². The van der Waals surface area contributed by atoms with E-state index in [1.54, 1.807) is 7.11 Å². The largest absolute Gasteiger partial charge is 0.396 e. The fraction of sp³-hybridized carbons (Fsp3) is 1.00. The van der Waals surface area contributed by atoms with E-state index in [4.69, 9.17) is 9.84 Å². The minimum Gasteiger partial charge on any atom is -0.396 e. The topological polar surface area (TPSA) is 41.5 Å². The summed E-state index contributed by atoms with van der Waals surface area (Å²) in [6.07, 6.45) is 4.78. The van der Waals surface area contributed by atoms with E-state index >= 15 is 0 Å². The summed E-state index contributed by atoms with van der Waals surface area (Å²) in [5.74, 6) is 0.589. The fourth-order valence-corrected chi connectivity index (χ4v) is 2.44. The molecule has 0 bridgehead atoms. The SMILES string of the molecule is COCC(NCC1(CCO)CCC1)C(C)C. The molecule has 0 aromatic rings. The molecule has 0 aliphatic heterocycles. The molecule has 1 atom stereocenters. The van der Waals surface area contributed by atoms with Gasteiger partial charge in [0.15, 0.2) is 0 Å². The lowest BCUT2D eigenvalue weighted by Gasteiger charge is -2.43. The third kappa shape index (κ3) is 3.72. The van der Waals surface area contributed by atoms with Crippen LogP contribution in [0, 0.1) is 11.3 Å². The van der Waals surface area contributed by atoms with Crippen molar-refractivity contribution in [2.24, 2.45) is 11.3 Å². The summed E-state index contributed by atoms with van der Waals surface area (Å²) in [4.78, 5) is 0. The molecule has 0 saturated heterocycles. The van der Waals surface area contributed by atoms with Gasteiger partial charge in [0.05, 0.1) is 6.61 Å². The van der Waals surface area contributed by atoms with Crippen LogP contribution in [0.1, 0.15) is 39.5 Å². The number of hydrogen-bond donors (Lipinski definition) is 2. The molecule has 96 valence electrons. The second-order valence-electron chi connectivity index (χ2n) is 5.51. The molecule has 16 heavy (non-hydrogen) atoms. The Morgan fingerprint density at radius 1 is 1.38 bits per heavy atom. The van der Waals surface area contributed by atoms with Crippen molar-refractivity contribution < 1.29 is 9.84 Å². The van der Waals surface area contributed by atoms with Gasteiger partial charge in [0, 0.05) is 26.3 Å². The number of nitrogens with one attached hydrogen (secondary N) is 1. The molecule has 0 aromatic heterocycles. The number of aliphatic hydroxyl groups is 1. The number of methoxy groups -OCH3 is 1. The first-order valence-electron chi connectivity index (χ1n) is 6.47. The van der Waals surface area contributed by atoms with Crippen molar-refractivity contribution in [2.75, 3.05) is 26.9 Å². The van der Waals surface area contributed by atoms with Crippen LogP contribution in [0.2, 0.25) is 0 Å². The zero-order valence-corrected chi connectivity index (χ0v) is 11.0. The molecule has 3 heteroatoms. The highest BCUT2D eigenvalue weighted by Crippen LogP contribution is 2.43. The highest BCUT2D eigenvalue weighted by molar-refractivity contribution is 4.90. The predicted octanol–water partition coefficient (Wildman–Crippen LogP) is 1.80. The second kappa shape index (κ2) is 6.58. The Balaban J connectivity index is 2.34. The maximum absolute atomic E-state index is 9.09. The van der Waals surface area contributed by atoms with Crippen LogP contribution in [-0.4, -0.2) is 38.0 Å². The Bertz CT molecular complexity index is 190. The van der Waals surface area contributed by atoms with Gasteiger partial charge in [0.1, 0.15) is 0 Å². The summed E-state index contributed by atoms with van der Waals surface area (Å²) >= 11 is 0. The van der Waals surface area contributed by atoms with Crippen LogP contribution >= 0.6 is 0 Å². The second-order valence-corrected chi connectivity index (χ2v) is 5.51. The molecule has 3 nitrogen and oxygen atoms in total. The molecule has 1 aliphatic rings. The first kappa shape index (κ1) is 13.9. The molecule has 0 spiro atoms. The third-order valence-corrected chi connectivity index (χ3v) is 3.95. The summed E-state index contributed by atoms with van der Waals surface area (Å²) in [7, 11) is 1.75. The Labute approximate surface area is 99.6 Å². The van der Waals surface area contributed by atoms with Gasteiger partial charge >= 0.3 is 0 Å². The third-order valence-electron chi connectivity index (χ3n) is 3.95. The fourth-order valence-electron chi connectivity index (χ4n) is 2.44. The number of aliphatic hydroxyl groups excluding tert-OH is 1. The van der Waals surface area contributed by atoms with Crippen molar-refractivity contribution in [3.63, 3.8) is 0 Å². The van der Waals surface area contributed by atoms with Crippen molar-refractivity contribution in [1.29, 1.82) is 0 Å². The normalized spacial score (nSPS) is 20.8. The van der Waals surface area contributed by atoms with Crippen molar-refractivity contribution >= 4 is 0 Å². The van der Waals surface area contributed by atoms with E-state index in [0.29, 0.717) is 24.0 Å². The van der Waals surface area contributed by atoms with Gasteiger partial charge in [-0.15, -0.1) is 0 Å². The van der Waals surface area contributed by atoms with Gasteiger partial charge in [-0.1, -0.05) is 20.3 Å². The van der Waals surface area contributed by atoms with Crippen molar-refractivity contribution in [2.45, 2.75) is 45.6 Å². The van der Waals surface area contributed by atoms with Gasteiger partial charge in [-0.25, -0.2) is 0 Å². The van der Waals surface area contributed by atoms with Crippen LogP contribution in [0.15, 0.2) is 0 Å². The van der Waals surface area contributed by atoms with E-state index in [1.807, 2.05) is 0 Å². The average Bonchev–Trinajstić information content (AvgIpc) is 2.19. The number of ether oxygens (including phenoxy) is 1. The lowest BCUT2D eigenvalue weighted by Crippen LogP contribution is -2.47. The summed E-state index contributed by atoms with van der Waals surface area (Å²) in [6, 6.07) is 0.432. The molecular weight excluding hydrogens is 202 g/mol. The molecule has 1 unspecified atom stereocenters. The standard InChI is InChI=1S/C13H27NO2/c1-11(2)12(9-16-3)14-10-13(7-8-15)5-4-6-13/h11-12,14-15H,4-10H2,1-3H3. The van der Waals surface area contributed by atoms with Gasteiger partial charge in [-0.2, -0.15) is 0 Å². The minimum atomic E-state index is 0.318. The Morgan fingerprint density at radius 2 is 2.06 bits per heavy atom.